The summed E-state index contributed by atoms with van der Waals surface area (Å²) in [7, 11) is 0. The third-order valence-corrected chi connectivity index (χ3v) is 21.2. The van der Waals surface area contributed by atoms with Gasteiger partial charge in [0.05, 0.1) is 13.0 Å². The lowest BCUT2D eigenvalue weighted by molar-refractivity contribution is -0.142. The number of unbranched alkanes of at least 4 members (excludes halogenated alkanes) is 1. The number of primary amides is 2. The molecule has 0 unspecified atom stereocenters. The predicted octanol–water partition coefficient (Wildman–Crippen LogP) is 2.44. The number of nitrogens with zero attached hydrogens (tertiary/aromatic N) is 2. The van der Waals surface area contributed by atoms with Gasteiger partial charge >= 0.3 is 12.1 Å². The number of aromatic nitrogens is 1. The Morgan fingerprint density at radius 3 is 1.56 bits per heavy atom. The van der Waals surface area contributed by atoms with Gasteiger partial charge in [-0.05, 0) is 152 Å². The van der Waals surface area contributed by atoms with E-state index in [1.807, 2.05) is 42.5 Å². The van der Waals surface area contributed by atoms with Crippen molar-refractivity contribution >= 4 is 123 Å². The molecule has 0 bridgehead atoms. The van der Waals surface area contributed by atoms with Crippen LogP contribution in [0, 0.1) is 5.92 Å². The molecule has 17 amide bonds. The number of likely N-dealkylation sites (tertiary alicyclic amines) is 1. The van der Waals surface area contributed by atoms with Crippen LogP contribution in [0.3, 0.4) is 0 Å². The van der Waals surface area contributed by atoms with Crippen molar-refractivity contribution in [1.82, 2.24) is 73.7 Å². The number of aliphatic hydroxyl groups is 1. The Labute approximate surface area is 699 Å². The summed E-state index contributed by atoms with van der Waals surface area (Å²) >= 11 is 6.28. The first-order chi connectivity index (χ1) is 57.4. The number of fused-ring (bicyclic) bond motifs is 1. The average molecular weight is 1670 g/mol. The fourth-order valence-corrected chi connectivity index (χ4v) is 14.7. The quantitative estimate of drug-likeness (QED) is 0.0245. The molecule has 6 aromatic rings. The highest BCUT2D eigenvalue weighted by molar-refractivity contribution is 6.30. The Morgan fingerprint density at radius 1 is 0.525 bits per heavy atom. The van der Waals surface area contributed by atoms with Crippen LogP contribution in [-0.4, -0.2) is 196 Å². The van der Waals surface area contributed by atoms with E-state index in [-0.39, 0.29) is 80.8 Å². The van der Waals surface area contributed by atoms with Crippen molar-refractivity contribution in [2.45, 2.75) is 209 Å². The fraction of sp³-hybridized carbons (Fsp3) is 0.435. The van der Waals surface area contributed by atoms with E-state index < -0.39 is 168 Å². The van der Waals surface area contributed by atoms with Crippen LogP contribution in [0.4, 0.5) is 21.0 Å². The number of nitrogens with one attached hydrogen (secondary N) is 14. The van der Waals surface area contributed by atoms with Crippen LogP contribution in [0.25, 0.3) is 10.8 Å². The standard InChI is InChI=1S/C85H107ClN18O16/c1-48(2)38-63(75(110)95-62(19-10-11-36-90-59-17-6-5-7-18-59)83(118)104-37-13-20-71(104)82(117)91-49(3)73(87)108)96-77(112)66(41-53-26-33-61(34-27-53)94-84(88)119)98-79(114)67(42-52-24-31-60(32-25-52)93-74(109)69-45-72(107)103-85(120)102-69)100-81(116)70(47-105)101-80(115)68(44-55-14-12-35-89-46-55)99-78(113)65(40-51-22-29-58(86)30-23-51)97-76(111)64(92-50(4)106)43-54-21-28-56-15-8-9-16-57(56)39-54/h8-9,12,14-16,21-35,39,46,48-49,59,62-71,90,105H,5-7,10-11,13,17-20,36-38,40-45,47H2,1-4H3,(H2,87,108)(H,91,117)(H,92,106)(H,93,109)(H,95,110)(H,96,112)(H,97,111)(H,98,114)(H,99,113)(H,100,116)(H,101,115)(H3,88,94,119)(H2,102,103,107,120)/t49-,62+,63+,64-,65-,66+,67+,68+,69+,70+,71+/m1/s1. The van der Waals surface area contributed by atoms with Crippen molar-refractivity contribution < 1.29 is 77.0 Å². The van der Waals surface area contributed by atoms with E-state index in [2.05, 4.69) is 79.4 Å². The van der Waals surface area contributed by atoms with Crippen LogP contribution in [0.2, 0.25) is 5.02 Å². The molecule has 640 valence electrons. The monoisotopic (exact) mass is 1670 g/mol. The number of rotatable bonds is 41. The number of pyridine rings is 1. The second-order valence-electron chi connectivity index (χ2n) is 30.9. The van der Waals surface area contributed by atoms with E-state index in [1.165, 1.54) is 86.1 Å². The summed E-state index contributed by atoms with van der Waals surface area (Å²) < 4.78 is 0. The molecule has 2 aliphatic heterocycles. The molecule has 19 N–H and O–H groups in total. The number of anilines is 2. The van der Waals surface area contributed by atoms with Crippen LogP contribution < -0.4 is 85.9 Å². The molecule has 3 aliphatic rings. The minimum absolute atomic E-state index is 0.00521. The molecule has 11 atom stereocenters. The molecular weight excluding hydrogens is 1560 g/mol. The molecular formula is C85H107ClN18O16. The van der Waals surface area contributed by atoms with Gasteiger partial charge in [0.2, 0.25) is 76.8 Å². The number of nitrogens with two attached hydrogens (primary N) is 2. The molecule has 35 heteroatoms. The average Bonchev–Trinajstić information content (AvgIpc) is 1.40. The number of carbonyl (C=O) groups excluding carboxylic acids is 15. The molecule has 120 heavy (non-hydrogen) atoms. The minimum atomic E-state index is -1.92. The molecule has 3 fully saturated rings. The number of halogens is 1. The van der Waals surface area contributed by atoms with Crippen LogP contribution in [0.5, 0.6) is 0 Å². The Hall–Kier alpha value is -12.4. The molecule has 0 radical (unpaired) electrons. The van der Waals surface area contributed by atoms with E-state index in [9.17, 15) is 48.3 Å². The fourth-order valence-electron chi connectivity index (χ4n) is 14.6. The highest BCUT2D eigenvalue weighted by atomic mass is 35.5. The third-order valence-electron chi connectivity index (χ3n) is 20.9. The first kappa shape index (κ1) is 91.5. The molecule has 1 aromatic heterocycles. The van der Waals surface area contributed by atoms with Gasteiger partial charge in [0.1, 0.15) is 66.5 Å². The lowest BCUT2D eigenvalue weighted by Gasteiger charge is -2.31. The van der Waals surface area contributed by atoms with Crippen molar-refractivity contribution in [2.24, 2.45) is 17.4 Å². The molecule has 5 aromatic carbocycles. The zero-order valence-corrected chi connectivity index (χ0v) is 68.2. The number of imide groups is 1. The lowest BCUT2D eigenvalue weighted by atomic mass is 9.95. The zero-order valence-electron chi connectivity index (χ0n) is 67.4. The summed E-state index contributed by atoms with van der Waals surface area (Å²) in [6.45, 7) is 5.91. The summed E-state index contributed by atoms with van der Waals surface area (Å²) in [6, 6.07) is 17.6. The number of hydrogen-bond acceptors (Lipinski definition) is 18. The lowest BCUT2D eigenvalue weighted by Crippen LogP contribution is -2.62. The summed E-state index contributed by atoms with van der Waals surface area (Å²) in [5.41, 5.74) is 13.6. The van der Waals surface area contributed by atoms with Crippen LogP contribution in [-0.2, 0) is 94.4 Å². The number of amides is 17. The molecule has 2 saturated heterocycles. The van der Waals surface area contributed by atoms with Gasteiger partial charge in [-0.15, -0.1) is 0 Å². The predicted molar refractivity (Wildman–Crippen MR) is 446 cm³/mol. The van der Waals surface area contributed by atoms with E-state index in [1.54, 1.807) is 50.2 Å². The summed E-state index contributed by atoms with van der Waals surface area (Å²) in [5, 5.41) is 50.9. The van der Waals surface area contributed by atoms with E-state index in [0.29, 0.717) is 59.1 Å². The normalized spacial score (nSPS) is 16.9. The second-order valence-corrected chi connectivity index (χ2v) is 31.4. The van der Waals surface area contributed by atoms with E-state index >= 15 is 28.8 Å². The molecule has 9 rings (SSSR count). The highest BCUT2D eigenvalue weighted by Crippen LogP contribution is 2.24. The molecule has 0 spiro atoms. The van der Waals surface area contributed by atoms with Crippen LogP contribution >= 0.6 is 11.6 Å². The van der Waals surface area contributed by atoms with Crippen LogP contribution in [0.15, 0.2) is 140 Å². The zero-order chi connectivity index (χ0) is 86.5. The van der Waals surface area contributed by atoms with Crippen molar-refractivity contribution in [3.63, 3.8) is 0 Å². The van der Waals surface area contributed by atoms with Crippen molar-refractivity contribution in [3.05, 3.63) is 173 Å². The number of urea groups is 2. The van der Waals surface area contributed by atoms with E-state index in [4.69, 9.17) is 23.1 Å². The summed E-state index contributed by atoms with van der Waals surface area (Å²) in [6.07, 6.45) is 8.64. The van der Waals surface area contributed by atoms with Gasteiger partial charge in [-0.25, -0.2) is 9.59 Å². The van der Waals surface area contributed by atoms with Gasteiger partial charge in [-0.1, -0.05) is 130 Å². The van der Waals surface area contributed by atoms with E-state index in [0.717, 1.165) is 36.5 Å². The summed E-state index contributed by atoms with van der Waals surface area (Å²) in [4.78, 5) is 214. The number of carbonyl (C=O) groups is 15. The topological polar surface area (TPSA) is 513 Å². The minimum Gasteiger partial charge on any atom is -0.394 e. The Balaban J connectivity index is 1.00. The first-order valence-electron chi connectivity index (χ1n) is 40.3. The third kappa shape index (κ3) is 28.4. The SMILES string of the molecule is CC(=O)N[C@H](Cc1ccc2ccccc2c1)C(=O)N[C@H](Cc1ccc(Cl)cc1)C(=O)N[C@@H](Cc1cccnc1)C(=O)N[C@@H](CO)C(=O)N[C@@H](Cc1ccc(NC(=O)[C@@H]2CC(=O)NC(=O)N2)cc1)C(=O)N[C@@H](Cc1ccc(NC(N)=O)cc1)C(=O)N[C@@H](CC(C)C)C(=O)N[C@@H](CCCCNC1CCCCC1)C(=O)N1CCC[C@H]1C(=O)N[C@H](C)C(N)=O. The maximum Gasteiger partial charge on any atom is 0.322 e. The Morgan fingerprint density at radius 2 is 1.02 bits per heavy atom. The van der Waals surface area contributed by atoms with Crippen molar-refractivity contribution in [2.75, 3.05) is 30.3 Å². The Kier molecular flexibility index (Phi) is 34.3. The highest BCUT2D eigenvalue weighted by Gasteiger charge is 2.41. The van der Waals surface area contributed by atoms with Gasteiger partial charge in [0.15, 0.2) is 0 Å². The Bertz CT molecular complexity index is 4620. The molecule has 1 saturated carbocycles. The number of hydrogen-bond donors (Lipinski definition) is 17. The largest absolute Gasteiger partial charge is 0.394 e. The molecule has 3 heterocycles. The maximum atomic E-state index is 15.5. The summed E-state index contributed by atoms with van der Waals surface area (Å²) in [5.74, 6) is -10.9. The van der Waals surface area contributed by atoms with Gasteiger partial charge < -0.3 is 90.6 Å². The number of benzene rings is 5. The van der Waals surface area contributed by atoms with Crippen LogP contribution in [0.1, 0.15) is 133 Å². The van der Waals surface area contributed by atoms with Gasteiger partial charge in [-0.2, -0.15) is 0 Å². The maximum absolute atomic E-state index is 15.5. The van der Waals surface area contributed by atoms with Gasteiger partial charge in [-0.3, -0.25) is 72.6 Å². The van der Waals surface area contributed by atoms with Crippen molar-refractivity contribution in [1.29, 1.82) is 0 Å². The van der Waals surface area contributed by atoms with Gasteiger partial charge in [0, 0.05) is 80.4 Å². The molecule has 1 aliphatic carbocycles. The van der Waals surface area contributed by atoms with Crippen molar-refractivity contribution in [3.8, 4) is 0 Å². The second kappa shape index (κ2) is 44.9. The number of aliphatic hydroxyl groups excluding tert-OH is 1. The van der Waals surface area contributed by atoms with Gasteiger partial charge in [0.25, 0.3) is 0 Å². The molecule has 34 nitrogen and oxygen atoms in total. The smallest absolute Gasteiger partial charge is 0.322 e. The first-order valence-corrected chi connectivity index (χ1v) is 40.7.